The zero-order valence-corrected chi connectivity index (χ0v) is 26.8. The molecule has 2 N–H and O–H groups in total. The number of hydrogen-bond acceptors (Lipinski definition) is 8. The number of benzene rings is 1. The van der Waals surface area contributed by atoms with E-state index in [-0.39, 0.29) is 62.6 Å². The van der Waals surface area contributed by atoms with Gasteiger partial charge in [-0.15, -0.1) is 0 Å². The molecule has 0 heterocycles. The van der Waals surface area contributed by atoms with Crippen molar-refractivity contribution in [1.82, 2.24) is 10.6 Å². The van der Waals surface area contributed by atoms with Gasteiger partial charge in [-0.25, -0.2) is 4.79 Å². The van der Waals surface area contributed by atoms with E-state index >= 15 is 0 Å². The van der Waals surface area contributed by atoms with E-state index in [0.29, 0.717) is 37.7 Å². The molecule has 0 radical (unpaired) electrons. The predicted molar refractivity (Wildman–Crippen MR) is 161 cm³/mol. The first kappa shape index (κ1) is 41.3. The zero-order valence-electron chi connectivity index (χ0n) is 24.8. The quantitative estimate of drug-likeness (QED) is 0.0569. The molecule has 12 heteroatoms. The molecule has 1 aromatic rings. The fourth-order valence-corrected chi connectivity index (χ4v) is 4.67. The van der Waals surface area contributed by atoms with Gasteiger partial charge in [0.25, 0.3) is 5.69 Å². The van der Waals surface area contributed by atoms with Crippen LogP contribution in [0.5, 0.6) is 0 Å². The molecule has 2 aliphatic rings. The van der Waals surface area contributed by atoms with Crippen LogP contribution in [0.3, 0.4) is 0 Å². The largest absolute Gasteiger partial charge is 2.00 e. The second kappa shape index (κ2) is 24.7. The van der Waals surface area contributed by atoms with Crippen LogP contribution in [0.2, 0.25) is 0 Å². The molecule has 41 heavy (non-hydrogen) atoms. The number of carbonyl (C=O) groups excluding carboxylic acids is 2. The number of rotatable bonds is 14. The summed E-state index contributed by atoms with van der Waals surface area (Å²) >= 11 is 4.17. The van der Waals surface area contributed by atoms with E-state index in [2.05, 4.69) is 23.3 Å². The molecular formula is C29H49FeN3O7S. The van der Waals surface area contributed by atoms with E-state index in [0.717, 1.165) is 31.2 Å². The maximum absolute atomic E-state index is 12.0. The molecule has 2 saturated carbocycles. The number of thiol groups is 1. The van der Waals surface area contributed by atoms with Crippen LogP contribution in [0.25, 0.3) is 0 Å². The maximum Gasteiger partial charge on any atom is 2.00 e. The molecule has 10 nitrogen and oxygen atoms in total. The number of ether oxygens (including phenoxy) is 3. The van der Waals surface area contributed by atoms with E-state index in [9.17, 15) is 19.7 Å². The van der Waals surface area contributed by atoms with Crippen LogP contribution in [0.15, 0.2) is 18.2 Å². The van der Waals surface area contributed by atoms with Crippen molar-refractivity contribution in [1.29, 1.82) is 0 Å². The zero-order chi connectivity index (χ0) is 27.6. The Morgan fingerprint density at radius 3 is 2.00 bits per heavy atom. The van der Waals surface area contributed by atoms with Gasteiger partial charge in [0.15, 0.2) is 0 Å². The second-order valence-corrected chi connectivity index (χ2v) is 9.86. The van der Waals surface area contributed by atoms with Gasteiger partial charge in [-0.2, -0.15) is 12.6 Å². The molecule has 2 fully saturated rings. The van der Waals surface area contributed by atoms with Crippen LogP contribution < -0.4 is 10.6 Å². The van der Waals surface area contributed by atoms with Gasteiger partial charge in [0.1, 0.15) is 6.10 Å². The summed E-state index contributed by atoms with van der Waals surface area (Å²) in [4.78, 5) is 34.6. The van der Waals surface area contributed by atoms with E-state index in [1.165, 1.54) is 38.2 Å². The van der Waals surface area contributed by atoms with Gasteiger partial charge in [-0.1, -0.05) is 51.0 Å². The van der Waals surface area contributed by atoms with Crippen molar-refractivity contribution in [2.45, 2.75) is 76.6 Å². The number of nitro benzene ring substituents is 1. The predicted octanol–water partition coefficient (Wildman–Crippen LogP) is 6.00. The number of amides is 2. The molecule has 1 unspecified atom stereocenters. The number of nitrogens with zero attached hydrogens (tertiary/aromatic N) is 1. The fourth-order valence-electron chi connectivity index (χ4n) is 4.47. The Hall–Kier alpha value is -1.85. The number of nitrogens with one attached hydrogen (secondary N) is 2. The molecular weight excluding hydrogens is 590 g/mol. The van der Waals surface area contributed by atoms with E-state index < -0.39 is 17.1 Å². The maximum atomic E-state index is 12.0. The first-order valence-corrected chi connectivity index (χ1v) is 14.3. The van der Waals surface area contributed by atoms with Crippen LogP contribution >= 0.6 is 12.6 Å². The third-order valence-electron chi connectivity index (χ3n) is 6.60. The minimum Gasteiger partial charge on any atom is -0.441 e. The van der Waals surface area contributed by atoms with Crippen molar-refractivity contribution in [2.24, 2.45) is 5.92 Å². The van der Waals surface area contributed by atoms with Gasteiger partial charge in [0.05, 0.1) is 36.9 Å². The Bertz CT molecular complexity index is 861. The van der Waals surface area contributed by atoms with Gasteiger partial charge in [-0.05, 0) is 31.4 Å². The molecule has 0 saturated heterocycles. The molecule has 1 aromatic carbocycles. The smallest absolute Gasteiger partial charge is 0.441 e. The van der Waals surface area contributed by atoms with Crippen molar-refractivity contribution in [2.75, 3.05) is 39.5 Å². The van der Waals surface area contributed by atoms with Crippen LogP contribution in [-0.2, 0) is 41.8 Å². The van der Waals surface area contributed by atoms with E-state index in [4.69, 9.17) is 14.2 Å². The molecule has 0 spiro atoms. The molecule has 0 aliphatic heterocycles. The standard InChI is InChI=1S/C22H33N3O7S.C5H10.2CH3.Fe/c1-16(19-14-17(15-33)6-7-20(19)25(28)29)32-22(27)24-9-11-31-13-12-30-10-8-23-21(26)18-4-2-3-5-18;1-2-4-5-3-1;;;/h6-7,14,16,18,33H,2-5,8-13,15H2,1H3,(H,23,26)(H,24,27);1-5H2;2*1H3;/q;;2*-1;+2. The van der Waals surface area contributed by atoms with E-state index in [1.807, 2.05) is 0 Å². The van der Waals surface area contributed by atoms with Crippen LogP contribution in [-0.4, -0.2) is 56.4 Å². The van der Waals surface area contributed by atoms with Crippen molar-refractivity contribution in [3.05, 3.63) is 54.3 Å². The van der Waals surface area contributed by atoms with Crippen molar-refractivity contribution in [3.8, 4) is 0 Å². The van der Waals surface area contributed by atoms with Gasteiger partial charge < -0.3 is 39.7 Å². The topological polar surface area (TPSA) is 129 Å². The summed E-state index contributed by atoms with van der Waals surface area (Å²) in [6.07, 6.45) is 10.2. The summed E-state index contributed by atoms with van der Waals surface area (Å²) in [5.41, 5.74) is 0.999. The summed E-state index contributed by atoms with van der Waals surface area (Å²) in [6.45, 7) is 3.70. The average Bonchev–Trinajstić information content (AvgIpc) is 3.66. The number of carbonyl (C=O) groups is 2. The van der Waals surface area contributed by atoms with E-state index in [1.54, 1.807) is 19.1 Å². The minimum absolute atomic E-state index is 0. The normalized spacial score (nSPS) is 14.7. The molecule has 236 valence electrons. The number of hydrogen-bond donors (Lipinski definition) is 3. The van der Waals surface area contributed by atoms with Gasteiger partial charge in [0, 0.05) is 30.8 Å². The SMILES string of the molecule is C1CCCC1.CC(OC(=O)NCCOCCOCCNC(=O)C1CCCC1)c1cc(CS)ccc1[N+](=O)[O-].[CH3-].[CH3-].[Fe+2]. The first-order chi connectivity index (χ1) is 18.4. The molecule has 0 aromatic heterocycles. The van der Waals surface area contributed by atoms with Crippen molar-refractivity contribution in [3.63, 3.8) is 0 Å². The van der Waals surface area contributed by atoms with Crippen molar-refractivity contribution < 1.29 is 45.8 Å². The molecule has 0 bridgehead atoms. The Morgan fingerprint density at radius 1 is 0.951 bits per heavy atom. The number of alkyl carbamates (subject to hydrolysis) is 1. The monoisotopic (exact) mass is 639 g/mol. The van der Waals surface area contributed by atoms with Crippen molar-refractivity contribution >= 4 is 30.3 Å². The molecule has 2 aliphatic carbocycles. The molecule has 3 rings (SSSR count). The third-order valence-corrected chi connectivity index (χ3v) is 6.97. The van der Waals surface area contributed by atoms with Gasteiger partial charge >= 0.3 is 23.2 Å². The fraction of sp³-hybridized carbons (Fsp3) is 0.655. The summed E-state index contributed by atoms with van der Waals surface area (Å²) in [7, 11) is 0. The average molecular weight is 640 g/mol. The Morgan fingerprint density at radius 2 is 1.49 bits per heavy atom. The summed E-state index contributed by atoms with van der Waals surface area (Å²) in [5.74, 6) is 0.688. The molecule has 2 amide bonds. The van der Waals surface area contributed by atoms with Crippen LogP contribution in [0.4, 0.5) is 10.5 Å². The molecule has 1 atom stereocenters. The first-order valence-electron chi connectivity index (χ1n) is 13.7. The summed E-state index contributed by atoms with van der Waals surface area (Å²) in [5, 5.41) is 16.7. The Balaban J connectivity index is 0. The van der Waals surface area contributed by atoms with Gasteiger partial charge in [0.2, 0.25) is 5.91 Å². The summed E-state index contributed by atoms with van der Waals surface area (Å²) in [6, 6.07) is 4.62. The Kier molecular flexibility index (Phi) is 24.9. The number of nitro groups is 1. The summed E-state index contributed by atoms with van der Waals surface area (Å²) < 4.78 is 16.1. The van der Waals surface area contributed by atoms with Crippen LogP contribution in [0, 0.1) is 30.9 Å². The van der Waals surface area contributed by atoms with Gasteiger partial charge in [-0.3, -0.25) is 14.9 Å². The second-order valence-electron chi connectivity index (χ2n) is 9.55. The minimum atomic E-state index is -0.797. The Labute approximate surface area is 262 Å². The van der Waals surface area contributed by atoms with Crippen LogP contribution in [0.1, 0.15) is 81.9 Å². The third kappa shape index (κ3) is 17.0.